The summed E-state index contributed by atoms with van der Waals surface area (Å²) in [6.45, 7) is 1.90. The highest BCUT2D eigenvalue weighted by Crippen LogP contribution is 2.20. The van der Waals surface area contributed by atoms with Gasteiger partial charge in [0.15, 0.2) is 0 Å². The van der Waals surface area contributed by atoms with Gasteiger partial charge in [0.2, 0.25) is 0 Å². The number of halogens is 1. The van der Waals surface area contributed by atoms with E-state index in [1.165, 1.54) is 12.1 Å². The summed E-state index contributed by atoms with van der Waals surface area (Å²) < 4.78 is 13.0. The molecule has 0 saturated carbocycles. The van der Waals surface area contributed by atoms with E-state index in [0.29, 0.717) is 17.3 Å². The number of anilines is 3. The molecule has 0 amide bonds. The zero-order valence-corrected chi connectivity index (χ0v) is 8.87. The summed E-state index contributed by atoms with van der Waals surface area (Å²) in [6.07, 6.45) is 0. The number of pyridine rings is 1. The van der Waals surface area contributed by atoms with E-state index < -0.39 is 0 Å². The average molecular weight is 217 g/mol. The first-order valence-corrected chi connectivity index (χ1v) is 4.91. The molecule has 0 unspecified atom stereocenters. The fourth-order valence-corrected chi connectivity index (χ4v) is 1.39. The van der Waals surface area contributed by atoms with Gasteiger partial charge in [-0.25, -0.2) is 9.37 Å². The molecule has 16 heavy (non-hydrogen) atoms. The molecule has 1 aromatic heterocycles. The maximum atomic E-state index is 13.0. The number of aromatic nitrogens is 1. The molecule has 0 radical (unpaired) electrons. The van der Waals surface area contributed by atoms with E-state index >= 15 is 0 Å². The van der Waals surface area contributed by atoms with Crippen molar-refractivity contribution in [1.82, 2.24) is 4.98 Å². The Morgan fingerprint density at radius 2 is 2.06 bits per heavy atom. The highest BCUT2D eigenvalue weighted by Gasteiger charge is 2.01. The second kappa shape index (κ2) is 4.18. The number of nitrogens with zero attached hydrogens (tertiary/aromatic N) is 1. The van der Waals surface area contributed by atoms with Crippen LogP contribution in [0.1, 0.15) is 5.56 Å². The molecular weight excluding hydrogens is 205 g/mol. The van der Waals surface area contributed by atoms with Crippen molar-refractivity contribution in [2.24, 2.45) is 0 Å². The van der Waals surface area contributed by atoms with Gasteiger partial charge >= 0.3 is 0 Å². The van der Waals surface area contributed by atoms with E-state index in [4.69, 9.17) is 5.73 Å². The fourth-order valence-electron chi connectivity index (χ4n) is 1.39. The molecule has 0 atom stereocenters. The minimum Gasteiger partial charge on any atom is -0.384 e. The third kappa shape index (κ3) is 2.28. The minimum atomic E-state index is -0.281. The van der Waals surface area contributed by atoms with Crippen molar-refractivity contribution in [3.8, 4) is 0 Å². The molecule has 0 aliphatic rings. The van der Waals surface area contributed by atoms with E-state index in [0.717, 1.165) is 5.56 Å². The van der Waals surface area contributed by atoms with E-state index in [1.54, 1.807) is 24.3 Å². The van der Waals surface area contributed by atoms with Crippen molar-refractivity contribution in [3.63, 3.8) is 0 Å². The Kier molecular flexibility index (Phi) is 2.72. The normalized spacial score (nSPS) is 10.1. The number of nitrogens with two attached hydrogens (primary N) is 1. The molecule has 2 rings (SSSR count). The first kappa shape index (κ1) is 10.4. The zero-order chi connectivity index (χ0) is 11.5. The van der Waals surface area contributed by atoms with Gasteiger partial charge < -0.3 is 11.1 Å². The van der Waals surface area contributed by atoms with Gasteiger partial charge in [-0.05, 0) is 36.8 Å². The van der Waals surface area contributed by atoms with E-state index in [-0.39, 0.29) is 5.82 Å². The molecule has 0 spiro atoms. The van der Waals surface area contributed by atoms with Crippen molar-refractivity contribution in [3.05, 3.63) is 47.8 Å². The fraction of sp³-hybridized carbons (Fsp3) is 0.0833. The van der Waals surface area contributed by atoms with Gasteiger partial charge in [0.25, 0.3) is 0 Å². The number of aryl methyl sites for hydroxylation is 1. The Labute approximate surface area is 93.1 Å². The van der Waals surface area contributed by atoms with Gasteiger partial charge in [0, 0.05) is 5.69 Å². The van der Waals surface area contributed by atoms with Crippen molar-refractivity contribution < 1.29 is 4.39 Å². The van der Waals surface area contributed by atoms with E-state index in [2.05, 4.69) is 10.3 Å². The lowest BCUT2D eigenvalue weighted by molar-refractivity contribution is 0.628. The number of nitrogen functional groups attached to an aromatic ring is 1. The topological polar surface area (TPSA) is 50.9 Å². The summed E-state index contributed by atoms with van der Waals surface area (Å²) in [5.41, 5.74) is 7.20. The molecule has 4 heteroatoms. The Hall–Kier alpha value is -2.10. The molecule has 3 N–H and O–H groups in total. The molecule has 1 heterocycles. The lowest BCUT2D eigenvalue weighted by Crippen LogP contribution is -1.98. The Balaban J connectivity index is 2.30. The maximum Gasteiger partial charge on any atom is 0.132 e. The molecule has 0 bridgehead atoms. The lowest BCUT2D eigenvalue weighted by Gasteiger charge is -2.08. The summed E-state index contributed by atoms with van der Waals surface area (Å²) >= 11 is 0. The largest absolute Gasteiger partial charge is 0.384 e. The van der Waals surface area contributed by atoms with Crippen molar-refractivity contribution in [2.75, 3.05) is 11.1 Å². The quantitative estimate of drug-likeness (QED) is 0.813. The summed E-state index contributed by atoms with van der Waals surface area (Å²) in [5.74, 6) is 0.754. The van der Waals surface area contributed by atoms with Crippen LogP contribution in [0.25, 0.3) is 0 Å². The first-order chi connectivity index (χ1) is 7.65. The predicted octanol–water partition coefficient (Wildman–Crippen LogP) is 2.85. The first-order valence-electron chi connectivity index (χ1n) is 4.91. The lowest BCUT2D eigenvalue weighted by atomic mass is 10.2. The van der Waals surface area contributed by atoms with Gasteiger partial charge in [0.05, 0.1) is 0 Å². The third-order valence-corrected chi connectivity index (χ3v) is 2.23. The van der Waals surface area contributed by atoms with E-state index in [1.807, 2.05) is 6.92 Å². The summed E-state index contributed by atoms with van der Waals surface area (Å²) in [6, 6.07) is 9.83. The average Bonchev–Trinajstić information content (AvgIpc) is 2.24. The van der Waals surface area contributed by atoms with Crippen LogP contribution in [-0.2, 0) is 0 Å². The Morgan fingerprint density at radius 1 is 1.25 bits per heavy atom. The molecule has 1 aromatic carbocycles. The van der Waals surface area contributed by atoms with Crippen LogP contribution in [-0.4, -0.2) is 4.98 Å². The minimum absolute atomic E-state index is 0.281. The van der Waals surface area contributed by atoms with Crippen molar-refractivity contribution in [1.29, 1.82) is 0 Å². The van der Waals surface area contributed by atoms with Crippen LogP contribution in [0.2, 0.25) is 0 Å². The van der Waals surface area contributed by atoms with Gasteiger partial charge in [-0.3, -0.25) is 0 Å². The maximum absolute atomic E-state index is 13.0. The predicted molar refractivity (Wildman–Crippen MR) is 63.1 cm³/mol. The number of benzene rings is 1. The van der Waals surface area contributed by atoms with Crippen molar-refractivity contribution in [2.45, 2.75) is 6.92 Å². The van der Waals surface area contributed by atoms with Crippen LogP contribution >= 0.6 is 0 Å². The number of nitrogens with one attached hydrogen (secondary N) is 1. The molecule has 0 fully saturated rings. The second-order valence-electron chi connectivity index (χ2n) is 3.53. The molecule has 0 saturated heterocycles. The molecule has 82 valence electrons. The Bertz CT molecular complexity index is 511. The SMILES string of the molecule is Cc1ccc(F)cc1Nc1cccc(N)n1. The second-order valence-corrected chi connectivity index (χ2v) is 3.53. The third-order valence-electron chi connectivity index (χ3n) is 2.23. The summed E-state index contributed by atoms with van der Waals surface area (Å²) in [5, 5.41) is 3.02. The Morgan fingerprint density at radius 3 is 2.81 bits per heavy atom. The van der Waals surface area contributed by atoms with Crippen LogP contribution in [0.3, 0.4) is 0 Å². The number of hydrogen-bond donors (Lipinski definition) is 2. The highest BCUT2D eigenvalue weighted by molar-refractivity contribution is 5.61. The van der Waals surface area contributed by atoms with Crippen LogP contribution in [0.5, 0.6) is 0 Å². The summed E-state index contributed by atoms with van der Waals surface area (Å²) in [4.78, 5) is 4.08. The van der Waals surface area contributed by atoms with Crippen LogP contribution in [0.4, 0.5) is 21.7 Å². The van der Waals surface area contributed by atoms with Crippen LogP contribution < -0.4 is 11.1 Å². The highest BCUT2D eigenvalue weighted by atomic mass is 19.1. The smallest absolute Gasteiger partial charge is 0.132 e. The van der Waals surface area contributed by atoms with Gasteiger partial charge in [-0.2, -0.15) is 0 Å². The number of rotatable bonds is 2. The van der Waals surface area contributed by atoms with E-state index in [9.17, 15) is 4.39 Å². The molecule has 3 nitrogen and oxygen atoms in total. The van der Waals surface area contributed by atoms with Crippen LogP contribution in [0.15, 0.2) is 36.4 Å². The molecular formula is C12H12FN3. The molecule has 0 aliphatic carbocycles. The van der Waals surface area contributed by atoms with Crippen molar-refractivity contribution >= 4 is 17.3 Å². The summed E-state index contributed by atoms with van der Waals surface area (Å²) in [7, 11) is 0. The number of hydrogen-bond acceptors (Lipinski definition) is 3. The monoisotopic (exact) mass is 217 g/mol. The molecule has 0 aliphatic heterocycles. The van der Waals surface area contributed by atoms with Gasteiger partial charge in [-0.1, -0.05) is 12.1 Å². The van der Waals surface area contributed by atoms with Gasteiger partial charge in [0.1, 0.15) is 17.5 Å². The van der Waals surface area contributed by atoms with Gasteiger partial charge in [-0.15, -0.1) is 0 Å². The molecule has 2 aromatic rings. The van der Waals surface area contributed by atoms with Crippen LogP contribution in [0, 0.1) is 12.7 Å². The standard InChI is InChI=1S/C12H12FN3/c1-8-5-6-9(13)7-10(8)15-12-4-2-3-11(14)16-12/h2-7H,1H3,(H3,14,15,16). The zero-order valence-electron chi connectivity index (χ0n) is 8.87.